The van der Waals surface area contributed by atoms with Gasteiger partial charge in [0.05, 0.1) is 17.1 Å². The maximum absolute atomic E-state index is 12.1. The predicted molar refractivity (Wildman–Crippen MR) is 65.0 cm³/mol. The van der Waals surface area contributed by atoms with Gasteiger partial charge in [0, 0.05) is 17.2 Å². The molecule has 1 aromatic rings. The summed E-state index contributed by atoms with van der Waals surface area (Å²) < 4.78 is 0. The van der Waals surface area contributed by atoms with Crippen LogP contribution in [0.4, 0.5) is 5.69 Å². The number of nitrogens with zero attached hydrogens (tertiary/aromatic N) is 4. The van der Waals surface area contributed by atoms with Crippen molar-refractivity contribution in [3.8, 4) is 12.1 Å². The molecule has 0 spiro atoms. The van der Waals surface area contributed by atoms with Crippen molar-refractivity contribution in [2.75, 3.05) is 13.1 Å². The lowest BCUT2D eigenvalue weighted by Crippen LogP contribution is -2.32. The molecule has 0 saturated heterocycles. The molecule has 7 nitrogen and oxygen atoms in total. The molecule has 1 amide bonds. The zero-order valence-corrected chi connectivity index (χ0v) is 10.2. The van der Waals surface area contributed by atoms with Gasteiger partial charge in [-0.05, 0) is 13.0 Å². The zero-order chi connectivity index (χ0) is 14.4. The third kappa shape index (κ3) is 3.05. The Morgan fingerprint density at radius 2 is 1.95 bits per heavy atom. The summed E-state index contributed by atoms with van der Waals surface area (Å²) >= 11 is 0. The van der Waals surface area contributed by atoms with E-state index in [1.807, 2.05) is 0 Å². The van der Waals surface area contributed by atoms with Crippen LogP contribution in [0.5, 0.6) is 0 Å². The minimum atomic E-state index is -0.578. The topological polar surface area (TPSA) is 111 Å². The van der Waals surface area contributed by atoms with Crippen molar-refractivity contribution >= 4 is 11.6 Å². The van der Waals surface area contributed by atoms with Gasteiger partial charge in [0.15, 0.2) is 0 Å². The molecule has 1 rings (SSSR count). The van der Waals surface area contributed by atoms with Crippen LogP contribution in [0.15, 0.2) is 18.2 Å². The van der Waals surface area contributed by atoms with E-state index in [0.717, 1.165) is 4.90 Å². The first-order valence-corrected chi connectivity index (χ1v) is 5.30. The largest absolute Gasteiger partial charge is 0.312 e. The smallest absolute Gasteiger partial charge is 0.273 e. The Kier molecular flexibility index (Phi) is 4.56. The number of rotatable bonds is 4. The molecule has 0 bridgehead atoms. The van der Waals surface area contributed by atoms with Crippen LogP contribution in [0, 0.1) is 39.7 Å². The van der Waals surface area contributed by atoms with E-state index in [0.29, 0.717) is 0 Å². The molecular weight excluding hydrogens is 248 g/mol. The Hall–Kier alpha value is -2.93. The lowest BCUT2D eigenvalue weighted by Gasteiger charge is -2.16. The molecule has 1 aromatic carbocycles. The second kappa shape index (κ2) is 6.12. The molecule has 0 heterocycles. The van der Waals surface area contributed by atoms with E-state index in [1.165, 1.54) is 25.1 Å². The molecule has 0 aliphatic rings. The number of carbonyl (C=O) groups is 1. The van der Waals surface area contributed by atoms with Crippen molar-refractivity contribution in [2.24, 2.45) is 0 Å². The molecule has 0 saturated carbocycles. The van der Waals surface area contributed by atoms with E-state index in [-0.39, 0.29) is 29.9 Å². The first-order valence-electron chi connectivity index (χ1n) is 5.30. The Bertz CT molecular complexity index is 582. The summed E-state index contributed by atoms with van der Waals surface area (Å²) in [7, 11) is 0. The molecule has 7 heteroatoms. The third-order valence-corrected chi connectivity index (χ3v) is 2.54. The van der Waals surface area contributed by atoms with E-state index in [1.54, 1.807) is 12.1 Å². The van der Waals surface area contributed by atoms with Crippen LogP contribution in [-0.4, -0.2) is 28.8 Å². The summed E-state index contributed by atoms with van der Waals surface area (Å²) in [5.41, 5.74) is 0.179. The van der Waals surface area contributed by atoms with Crippen LogP contribution in [0.1, 0.15) is 15.9 Å². The summed E-state index contributed by atoms with van der Waals surface area (Å²) in [6.07, 6.45) is 0. The van der Waals surface area contributed by atoms with E-state index in [2.05, 4.69) is 0 Å². The molecule has 0 aliphatic heterocycles. The van der Waals surface area contributed by atoms with Crippen molar-refractivity contribution in [1.29, 1.82) is 10.5 Å². The minimum absolute atomic E-state index is 0.125. The summed E-state index contributed by atoms with van der Waals surface area (Å²) in [5, 5.41) is 28.0. The van der Waals surface area contributed by atoms with E-state index < -0.39 is 10.8 Å². The van der Waals surface area contributed by atoms with Gasteiger partial charge >= 0.3 is 0 Å². The standard InChI is InChI=1S/C12H10N4O3/c1-9-10(3-2-4-11(9)16(18)19)12(17)15(7-5-13)8-6-14/h2-4H,7-8H2,1H3. The number of nitro benzene ring substituents is 1. The van der Waals surface area contributed by atoms with Gasteiger partial charge in [0.25, 0.3) is 11.6 Å². The highest BCUT2D eigenvalue weighted by Gasteiger charge is 2.21. The normalized spacial score (nSPS) is 9.21. The van der Waals surface area contributed by atoms with Crippen molar-refractivity contribution in [1.82, 2.24) is 4.90 Å². The van der Waals surface area contributed by atoms with Crippen LogP contribution < -0.4 is 0 Å². The Labute approximate surface area is 109 Å². The summed E-state index contributed by atoms with van der Waals surface area (Å²) in [4.78, 5) is 23.4. The molecule has 0 aromatic heterocycles. The van der Waals surface area contributed by atoms with Crippen molar-refractivity contribution < 1.29 is 9.72 Å². The fourth-order valence-electron chi connectivity index (χ4n) is 1.59. The van der Waals surface area contributed by atoms with Gasteiger partial charge in [-0.25, -0.2) is 0 Å². The van der Waals surface area contributed by atoms with E-state index >= 15 is 0 Å². The highest BCUT2D eigenvalue weighted by Crippen LogP contribution is 2.22. The average molecular weight is 258 g/mol. The lowest BCUT2D eigenvalue weighted by molar-refractivity contribution is -0.385. The van der Waals surface area contributed by atoms with E-state index in [9.17, 15) is 14.9 Å². The Morgan fingerprint density at radius 3 is 2.42 bits per heavy atom. The predicted octanol–water partition coefficient (Wildman–Crippen LogP) is 1.39. The molecule has 0 aliphatic carbocycles. The number of hydrogen-bond acceptors (Lipinski definition) is 5. The van der Waals surface area contributed by atoms with Crippen LogP contribution >= 0.6 is 0 Å². The van der Waals surface area contributed by atoms with Crippen molar-refractivity contribution in [2.45, 2.75) is 6.92 Å². The number of nitro groups is 1. The van der Waals surface area contributed by atoms with Gasteiger partial charge < -0.3 is 4.90 Å². The number of amides is 1. The number of benzene rings is 1. The van der Waals surface area contributed by atoms with Crippen molar-refractivity contribution in [3.05, 3.63) is 39.4 Å². The third-order valence-electron chi connectivity index (χ3n) is 2.54. The number of nitriles is 2. The zero-order valence-electron chi connectivity index (χ0n) is 10.2. The molecule has 96 valence electrons. The highest BCUT2D eigenvalue weighted by atomic mass is 16.6. The fraction of sp³-hybridized carbons (Fsp3) is 0.250. The number of carbonyl (C=O) groups excluding carboxylic acids is 1. The summed E-state index contributed by atoms with van der Waals surface area (Å²) in [5.74, 6) is -0.565. The van der Waals surface area contributed by atoms with Gasteiger partial charge in [0.2, 0.25) is 0 Å². The second-order valence-electron chi connectivity index (χ2n) is 3.68. The van der Waals surface area contributed by atoms with Crippen LogP contribution in [0.3, 0.4) is 0 Å². The molecule has 0 unspecified atom stereocenters. The maximum atomic E-state index is 12.1. The Morgan fingerprint density at radius 1 is 1.37 bits per heavy atom. The summed E-state index contributed by atoms with van der Waals surface area (Å²) in [6.45, 7) is 0.978. The van der Waals surface area contributed by atoms with Gasteiger partial charge in [-0.1, -0.05) is 6.07 Å². The lowest BCUT2D eigenvalue weighted by atomic mass is 10.1. The van der Waals surface area contributed by atoms with Crippen molar-refractivity contribution in [3.63, 3.8) is 0 Å². The van der Waals surface area contributed by atoms with E-state index in [4.69, 9.17) is 10.5 Å². The highest BCUT2D eigenvalue weighted by molar-refractivity contribution is 5.96. The quantitative estimate of drug-likeness (QED) is 0.460. The first-order chi connectivity index (χ1) is 9.02. The Balaban J connectivity index is 3.19. The molecule has 0 radical (unpaired) electrons. The van der Waals surface area contributed by atoms with Gasteiger partial charge in [-0.2, -0.15) is 10.5 Å². The first kappa shape index (κ1) is 14.1. The molecular formula is C12H10N4O3. The fourth-order valence-corrected chi connectivity index (χ4v) is 1.59. The van der Waals surface area contributed by atoms with Gasteiger partial charge in [0.1, 0.15) is 13.1 Å². The summed E-state index contributed by atoms with van der Waals surface area (Å²) in [6, 6.07) is 7.69. The van der Waals surface area contributed by atoms with Gasteiger partial charge in [-0.15, -0.1) is 0 Å². The van der Waals surface area contributed by atoms with Gasteiger partial charge in [-0.3, -0.25) is 14.9 Å². The average Bonchev–Trinajstić information content (AvgIpc) is 2.37. The minimum Gasteiger partial charge on any atom is -0.312 e. The SMILES string of the molecule is Cc1c(C(=O)N(CC#N)CC#N)cccc1[N+](=O)[O-]. The second-order valence-corrected chi connectivity index (χ2v) is 3.68. The number of hydrogen-bond donors (Lipinski definition) is 0. The molecule has 0 fully saturated rings. The molecule has 0 N–H and O–H groups in total. The molecule has 0 atom stereocenters. The molecule has 19 heavy (non-hydrogen) atoms. The van der Waals surface area contributed by atoms with Crippen LogP contribution in [-0.2, 0) is 0 Å². The maximum Gasteiger partial charge on any atom is 0.273 e. The monoisotopic (exact) mass is 258 g/mol. The van der Waals surface area contributed by atoms with Crippen LogP contribution in [0.2, 0.25) is 0 Å². The van der Waals surface area contributed by atoms with Crippen LogP contribution in [0.25, 0.3) is 0 Å².